The molecule has 5 rings (SSSR count). The van der Waals surface area contributed by atoms with Crippen molar-refractivity contribution in [1.82, 2.24) is 29.5 Å². The minimum atomic E-state index is -0.0886. The molecule has 2 N–H and O–H groups in total. The van der Waals surface area contributed by atoms with Gasteiger partial charge in [-0.05, 0) is 43.7 Å². The van der Waals surface area contributed by atoms with Crippen molar-refractivity contribution in [3.8, 4) is 5.69 Å². The highest BCUT2D eigenvalue weighted by Gasteiger charge is 2.19. The van der Waals surface area contributed by atoms with Crippen LogP contribution in [0.5, 0.6) is 0 Å². The fraction of sp³-hybridized carbons (Fsp3) is 0.143. The molecule has 0 fully saturated rings. The Bertz CT molecular complexity index is 1270. The molecule has 28 heavy (non-hydrogen) atoms. The van der Waals surface area contributed by atoms with Crippen LogP contribution in [0.25, 0.3) is 27.9 Å². The summed E-state index contributed by atoms with van der Waals surface area (Å²) in [6, 6.07) is 16.5. The van der Waals surface area contributed by atoms with Crippen LogP contribution in [0.3, 0.4) is 0 Å². The van der Waals surface area contributed by atoms with Crippen molar-refractivity contribution in [2.45, 2.75) is 19.9 Å². The Hall–Kier alpha value is -3.74. The fourth-order valence-corrected chi connectivity index (χ4v) is 3.49. The van der Waals surface area contributed by atoms with Gasteiger partial charge in [0.15, 0.2) is 11.5 Å². The average molecular weight is 369 g/mol. The molecule has 5 aromatic rings. The maximum Gasteiger partial charge on any atom is 0.182 e. The number of imidazole rings is 2. The topological polar surface area (TPSA) is 84.3 Å². The van der Waals surface area contributed by atoms with Crippen molar-refractivity contribution in [1.29, 1.82) is 0 Å². The molecule has 0 amide bonds. The molecular formula is C21H19N7. The maximum absolute atomic E-state index is 4.93. The number of aryl methyl sites for hydroxylation is 1. The summed E-state index contributed by atoms with van der Waals surface area (Å²) in [6.45, 7) is 4.18. The minimum Gasteiger partial charge on any atom is -0.358 e. The number of H-pyrrole nitrogens is 1. The molecule has 0 radical (unpaired) electrons. The molecule has 3 aromatic heterocycles. The van der Waals surface area contributed by atoms with E-state index < -0.39 is 0 Å². The molecule has 0 aliphatic carbocycles. The fourth-order valence-electron chi connectivity index (χ4n) is 3.49. The van der Waals surface area contributed by atoms with E-state index in [2.05, 4.69) is 74.0 Å². The molecule has 0 spiro atoms. The van der Waals surface area contributed by atoms with Gasteiger partial charge in [0.25, 0.3) is 0 Å². The molecule has 138 valence electrons. The van der Waals surface area contributed by atoms with Gasteiger partial charge in [-0.1, -0.05) is 24.3 Å². The van der Waals surface area contributed by atoms with Crippen molar-refractivity contribution in [2.75, 3.05) is 5.32 Å². The third-order valence-electron chi connectivity index (χ3n) is 4.81. The van der Waals surface area contributed by atoms with Gasteiger partial charge in [0, 0.05) is 5.69 Å². The van der Waals surface area contributed by atoms with Gasteiger partial charge in [-0.25, -0.2) is 19.9 Å². The lowest BCUT2D eigenvalue weighted by atomic mass is 10.2. The van der Waals surface area contributed by atoms with Crippen LogP contribution in [0.15, 0.2) is 61.2 Å². The monoisotopic (exact) mass is 369 g/mol. The van der Waals surface area contributed by atoms with Gasteiger partial charge >= 0.3 is 0 Å². The van der Waals surface area contributed by atoms with E-state index in [9.17, 15) is 0 Å². The van der Waals surface area contributed by atoms with Gasteiger partial charge < -0.3 is 10.3 Å². The number of benzene rings is 2. The van der Waals surface area contributed by atoms with Crippen molar-refractivity contribution in [2.24, 2.45) is 0 Å². The molecule has 0 aliphatic heterocycles. The van der Waals surface area contributed by atoms with E-state index in [4.69, 9.17) is 4.98 Å². The van der Waals surface area contributed by atoms with E-state index in [0.717, 1.165) is 28.1 Å². The number of para-hydroxylation sites is 1. The Morgan fingerprint density at radius 3 is 2.75 bits per heavy atom. The molecule has 7 nitrogen and oxygen atoms in total. The van der Waals surface area contributed by atoms with Crippen LogP contribution in [0, 0.1) is 6.92 Å². The lowest BCUT2D eigenvalue weighted by Crippen LogP contribution is -2.14. The van der Waals surface area contributed by atoms with E-state index in [1.807, 2.05) is 18.2 Å². The summed E-state index contributed by atoms with van der Waals surface area (Å²) < 4.78 is 2.20. The Morgan fingerprint density at radius 1 is 1.04 bits per heavy atom. The number of nitrogens with zero attached hydrogens (tertiary/aromatic N) is 5. The highest BCUT2D eigenvalue weighted by molar-refractivity contribution is 5.82. The molecule has 0 bridgehead atoms. The number of aromatic nitrogens is 6. The zero-order valence-electron chi connectivity index (χ0n) is 15.6. The second-order valence-electron chi connectivity index (χ2n) is 6.82. The van der Waals surface area contributed by atoms with Gasteiger partial charge in [-0.15, -0.1) is 0 Å². The second-order valence-corrected chi connectivity index (χ2v) is 6.82. The third kappa shape index (κ3) is 2.68. The largest absolute Gasteiger partial charge is 0.358 e. The first kappa shape index (κ1) is 16.4. The lowest BCUT2D eigenvalue weighted by Gasteiger charge is -2.17. The second kappa shape index (κ2) is 6.45. The predicted octanol–water partition coefficient (Wildman–Crippen LogP) is 4.17. The maximum atomic E-state index is 4.93. The highest BCUT2D eigenvalue weighted by atomic mass is 15.2. The van der Waals surface area contributed by atoms with Gasteiger partial charge in [-0.2, -0.15) is 0 Å². The SMILES string of the molecule is Cc1ccc2nc([C@H](C)Nc3ncnc4nc[nH]c34)n(-c3ccccc3)c2c1. The number of fused-ring (bicyclic) bond motifs is 2. The first-order valence-corrected chi connectivity index (χ1v) is 9.16. The van der Waals surface area contributed by atoms with Crippen LogP contribution >= 0.6 is 0 Å². The summed E-state index contributed by atoms with van der Waals surface area (Å²) in [5.74, 6) is 1.62. The zero-order valence-corrected chi connectivity index (χ0v) is 15.6. The molecule has 3 heterocycles. The highest BCUT2D eigenvalue weighted by Crippen LogP contribution is 2.28. The normalized spacial score (nSPS) is 12.5. The third-order valence-corrected chi connectivity index (χ3v) is 4.81. The van der Waals surface area contributed by atoms with E-state index in [1.165, 1.54) is 11.9 Å². The van der Waals surface area contributed by atoms with Crippen molar-refractivity contribution < 1.29 is 0 Å². The van der Waals surface area contributed by atoms with Crippen LogP contribution in [0.2, 0.25) is 0 Å². The quantitative estimate of drug-likeness (QED) is 0.497. The Balaban J connectivity index is 1.64. The number of rotatable bonds is 4. The smallest absolute Gasteiger partial charge is 0.182 e. The molecule has 2 aromatic carbocycles. The summed E-state index contributed by atoms with van der Waals surface area (Å²) in [5, 5.41) is 3.47. The first-order valence-electron chi connectivity index (χ1n) is 9.16. The summed E-state index contributed by atoms with van der Waals surface area (Å²) in [6.07, 6.45) is 3.14. The minimum absolute atomic E-state index is 0.0886. The lowest BCUT2D eigenvalue weighted by molar-refractivity contribution is 0.769. The molecule has 0 unspecified atom stereocenters. The average Bonchev–Trinajstić information content (AvgIpc) is 3.33. The van der Waals surface area contributed by atoms with E-state index in [1.54, 1.807) is 6.33 Å². The number of hydrogen-bond donors (Lipinski definition) is 2. The summed E-state index contributed by atoms with van der Waals surface area (Å²) in [4.78, 5) is 20.8. The van der Waals surface area contributed by atoms with Crippen LogP contribution < -0.4 is 5.32 Å². The van der Waals surface area contributed by atoms with Crippen molar-refractivity contribution >= 4 is 28.0 Å². The molecule has 0 saturated carbocycles. The summed E-state index contributed by atoms with van der Waals surface area (Å²) in [5.41, 5.74) is 5.75. The van der Waals surface area contributed by atoms with E-state index in [0.29, 0.717) is 11.5 Å². The number of hydrogen-bond acceptors (Lipinski definition) is 5. The van der Waals surface area contributed by atoms with Crippen molar-refractivity contribution in [3.63, 3.8) is 0 Å². The van der Waals surface area contributed by atoms with E-state index in [-0.39, 0.29) is 6.04 Å². The standard InChI is InChI=1S/C21H19N7/c1-13-8-9-16-17(10-13)28(15-6-4-3-5-7-15)21(27-16)14(2)26-20-18-19(23-11-22-18)24-12-25-20/h3-12,14H,1-2H3,(H2,22,23,24,25,26)/t14-/m0/s1. The number of anilines is 1. The Kier molecular flexibility index (Phi) is 3.79. The Labute approximate surface area is 161 Å². The van der Waals surface area contributed by atoms with Gasteiger partial charge in [0.1, 0.15) is 17.7 Å². The molecule has 0 aliphatic rings. The predicted molar refractivity (Wildman–Crippen MR) is 110 cm³/mol. The molecule has 1 atom stereocenters. The zero-order chi connectivity index (χ0) is 19.1. The van der Waals surface area contributed by atoms with Crippen LogP contribution in [0.4, 0.5) is 5.82 Å². The van der Waals surface area contributed by atoms with Gasteiger partial charge in [-0.3, -0.25) is 4.57 Å². The molecule has 7 heteroatoms. The van der Waals surface area contributed by atoms with Crippen molar-refractivity contribution in [3.05, 3.63) is 72.6 Å². The van der Waals surface area contributed by atoms with Crippen LogP contribution in [-0.4, -0.2) is 29.5 Å². The molecule has 0 saturated heterocycles. The van der Waals surface area contributed by atoms with Crippen LogP contribution in [-0.2, 0) is 0 Å². The van der Waals surface area contributed by atoms with E-state index >= 15 is 0 Å². The molecular weight excluding hydrogens is 350 g/mol. The number of nitrogens with one attached hydrogen (secondary N) is 2. The van der Waals surface area contributed by atoms with Crippen LogP contribution in [0.1, 0.15) is 24.4 Å². The van der Waals surface area contributed by atoms with Gasteiger partial charge in [0.2, 0.25) is 0 Å². The first-order chi connectivity index (χ1) is 13.7. The Morgan fingerprint density at radius 2 is 1.89 bits per heavy atom. The number of aromatic amines is 1. The van der Waals surface area contributed by atoms with Gasteiger partial charge in [0.05, 0.1) is 23.4 Å². The summed E-state index contributed by atoms with van der Waals surface area (Å²) in [7, 11) is 0. The summed E-state index contributed by atoms with van der Waals surface area (Å²) >= 11 is 0.